The smallest absolute Gasteiger partial charge is 0.319 e. The first-order chi connectivity index (χ1) is 10.1. The summed E-state index contributed by atoms with van der Waals surface area (Å²) in [7, 11) is 0. The van der Waals surface area contributed by atoms with Crippen LogP contribution in [-0.4, -0.2) is 18.7 Å². The highest BCUT2D eigenvalue weighted by atomic mass is 16.5. The Kier molecular flexibility index (Phi) is 5.21. The Labute approximate surface area is 125 Å². The summed E-state index contributed by atoms with van der Waals surface area (Å²) in [6.45, 7) is 4.35. The average Bonchev–Trinajstić information content (AvgIpc) is 2.47. The summed E-state index contributed by atoms with van der Waals surface area (Å²) < 4.78 is 5.63. The molecule has 4 heteroatoms. The second-order valence-electron chi connectivity index (χ2n) is 4.99. The zero-order chi connectivity index (χ0) is 15.1. The van der Waals surface area contributed by atoms with Crippen molar-refractivity contribution in [2.45, 2.75) is 19.9 Å². The number of urea groups is 1. The van der Waals surface area contributed by atoms with Gasteiger partial charge in [-0.25, -0.2) is 4.79 Å². The summed E-state index contributed by atoms with van der Waals surface area (Å²) >= 11 is 0. The lowest BCUT2D eigenvalue weighted by Gasteiger charge is -2.15. The number of anilines is 1. The second-order valence-corrected chi connectivity index (χ2v) is 4.99. The van der Waals surface area contributed by atoms with E-state index in [0.29, 0.717) is 6.61 Å². The molecule has 0 saturated carbocycles. The van der Waals surface area contributed by atoms with Crippen molar-refractivity contribution in [3.63, 3.8) is 0 Å². The summed E-state index contributed by atoms with van der Waals surface area (Å²) in [5, 5.41) is 5.61. The lowest BCUT2D eigenvalue weighted by atomic mass is 10.2. The van der Waals surface area contributed by atoms with Gasteiger partial charge in [0.15, 0.2) is 0 Å². The standard InChI is InChI=1S/C17H20N2O2/c1-13-8-10-16(11-9-13)21-12-14(2)18-17(20)19-15-6-4-3-5-7-15/h3-11,14H,12H2,1-2H3,(H2,18,19,20). The molecular formula is C17H20N2O2. The SMILES string of the molecule is Cc1ccc(OCC(C)NC(=O)Nc2ccccc2)cc1. The van der Waals surface area contributed by atoms with E-state index in [1.165, 1.54) is 5.56 Å². The first-order valence-electron chi connectivity index (χ1n) is 6.95. The van der Waals surface area contributed by atoms with E-state index in [0.717, 1.165) is 11.4 Å². The lowest BCUT2D eigenvalue weighted by Crippen LogP contribution is -2.39. The van der Waals surface area contributed by atoms with Crippen LogP contribution in [0.4, 0.5) is 10.5 Å². The number of carbonyl (C=O) groups is 1. The summed E-state index contributed by atoms with van der Waals surface area (Å²) in [6.07, 6.45) is 0. The Morgan fingerprint density at radius 1 is 1.10 bits per heavy atom. The van der Waals surface area contributed by atoms with Gasteiger partial charge in [0.05, 0.1) is 6.04 Å². The van der Waals surface area contributed by atoms with Gasteiger partial charge < -0.3 is 15.4 Å². The molecule has 0 aliphatic carbocycles. The average molecular weight is 284 g/mol. The van der Waals surface area contributed by atoms with Gasteiger partial charge in [0.1, 0.15) is 12.4 Å². The Morgan fingerprint density at radius 3 is 2.43 bits per heavy atom. The number of hydrogen-bond acceptors (Lipinski definition) is 2. The molecular weight excluding hydrogens is 264 g/mol. The highest BCUT2D eigenvalue weighted by Gasteiger charge is 2.08. The van der Waals surface area contributed by atoms with Gasteiger partial charge in [0.2, 0.25) is 0 Å². The predicted octanol–water partition coefficient (Wildman–Crippen LogP) is 3.58. The minimum Gasteiger partial charge on any atom is -0.491 e. The summed E-state index contributed by atoms with van der Waals surface area (Å²) in [6, 6.07) is 16.8. The largest absolute Gasteiger partial charge is 0.491 e. The number of para-hydroxylation sites is 1. The van der Waals surface area contributed by atoms with E-state index in [2.05, 4.69) is 10.6 Å². The molecule has 0 spiro atoms. The van der Waals surface area contributed by atoms with Crippen molar-refractivity contribution >= 4 is 11.7 Å². The molecule has 0 aromatic heterocycles. The van der Waals surface area contributed by atoms with Crippen LogP contribution in [0, 0.1) is 6.92 Å². The van der Waals surface area contributed by atoms with Crippen LogP contribution in [0.25, 0.3) is 0 Å². The van der Waals surface area contributed by atoms with Gasteiger partial charge in [-0.3, -0.25) is 0 Å². The minimum atomic E-state index is -0.235. The van der Waals surface area contributed by atoms with Gasteiger partial charge in [-0.1, -0.05) is 35.9 Å². The van der Waals surface area contributed by atoms with E-state index in [1.807, 2.05) is 68.4 Å². The molecule has 2 amide bonds. The van der Waals surface area contributed by atoms with Crippen LogP contribution >= 0.6 is 0 Å². The highest BCUT2D eigenvalue weighted by molar-refractivity contribution is 5.89. The fourth-order valence-electron chi connectivity index (χ4n) is 1.81. The van der Waals surface area contributed by atoms with Gasteiger partial charge in [0.25, 0.3) is 0 Å². The number of benzene rings is 2. The summed E-state index contributed by atoms with van der Waals surface area (Å²) in [5.41, 5.74) is 1.96. The molecule has 0 heterocycles. The fraction of sp³-hybridized carbons (Fsp3) is 0.235. The molecule has 0 fully saturated rings. The molecule has 2 aromatic rings. The van der Waals surface area contributed by atoms with Crippen molar-refractivity contribution in [2.75, 3.05) is 11.9 Å². The number of hydrogen-bond donors (Lipinski definition) is 2. The lowest BCUT2D eigenvalue weighted by molar-refractivity contribution is 0.236. The molecule has 2 aromatic carbocycles. The number of rotatable bonds is 5. The maximum Gasteiger partial charge on any atom is 0.319 e. The molecule has 0 aliphatic rings. The van der Waals surface area contributed by atoms with Crippen LogP contribution in [0.15, 0.2) is 54.6 Å². The third kappa shape index (κ3) is 5.18. The van der Waals surface area contributed by atoms with Crippen LogP contribution in [-0.2, 0) is 0 Å². The molecule has 1 atom stereocenters. The van der Waals surface area contributed by atoms with E-state index in [1.54, 1.807) is 0 Å². The Balaban J connectivity index is 1.75. The zero-order valence-corrected chi connectivity index (χ0v) is 12.3. The maximum absolute atomic E-state index is 11.8. The predicted molar refractivity (Wildman–Crippen MR) is 84.7 cm³/mol. The van der Waals surface area contributed by atoms with Gasteiger partial charge in [-0.15, -0.1) is 0 Å². The van der Waals surface area contributed by atoms with E-state index >= 15 is 0 Å². The number of amides is 2. The van der Waals surface area contributed by atoms with Crippen molar-refractivity contribution < 1.29 is 9.53 Å². The second kappa shape index (κ2) is 7.33. The molecule has 0 aliphatic heterocycles. The Bertz CT molecular complexity index is 567. The first kappa shape index (κ1) is 14.9. The first-order valence-corrected chi connectivity index (χ1v) is 6.95. The third-order valence-electron chi connectivity index (χ3n) is 2.93. The Morgan fingerprint density at radius 2 is 1.76 bits per heavy atom. The van der Waals surface area contributed by atoms with Gasteiger partial charge >= 0.3 is 6.03 Å². The normalized spacial score (nSPS) is 11.5. The van der Waals surface area contributed by atoms with Crippen LogP contribution in [0.1, 0.15) is 12.5 Å². The van der Waals surface area contributed by atoms with Crippen molar-refractivity contribution in [1.82, 2.24) is 5.32 Å². The van der Waals surface area contributed by atoms with Crippen LogP contribution in [0.5, 0.6) is 5.75 Å². The molecule has 0 radical (unpaired) electrons. The molecule has 1 unspecified atom stereocenters. The van der Waals surface area contributed by atoms with Gasteiger partial charge in [-0.05, 0) is 38.1 Å². The third-order valence-corrected chi connectivity index (χ3v) is 2.93. The van der Waals surface area contributed by atoms with Gasteiger partial charge in [0, 0.05) is 5.69 Å². The molecule has 2 N–H and O–H groups in total. The molecule has 21 heavy (non-hydrogen) atoms. The van der Waals surface area contributed by atoms with Crippen molar-refractivity contribution in [2.24, 2.45) is 0 Å². The molecule has 0 bridgehead atoms. The zero-order valence-electron chi connectivity index (χ0n) is 12.3. The van der Waals surface area contributed by atoms with Crippen molar-refractivity contribution in [3.05, 3.63) is 60.2 Å². The van der Waals surface area contributed by atoms with E-state index in [4.69, 9.17) is 4.74 Å². The number of aryl methyl sites for hydroxylation is 1. The quantitative estimate of drug-likeness (QED) is 0.881. The van der Waals surface area contributed by atoms with E-state index < -0.39 is 0 Å². The molecule has 0 saturated heterocycles. The number of ether oxygens (including phenoxy) is 1. The van der Waals surface area contributed by atoms with E-state index in [-0.39, 0.29) is 12.1 Å². The van der Waals surface area contributed by atoms with E-state index in [9.17, 15) is 4.79 Å². The fourth-order valence-corrected chi connectivity index (χ4v) is 1.81. The maximum atomic E-state index is 11.8. The summed E-state index contributed by atoms with van der Waals surface area (Å²) in [4.78, 5) is 11.8. The van der Waals surface area contributed by atoms with Crippen LogP contribution in [0.2, 0.25) is 0 Å². The number of nitrogens with one attached hydrogen (secondary N) is 2. The van der Waals surface area contributed by atoms with Crippen LogP contribution < -0.4 is 15.4 Å². The summed E-state index contributed by atoms with van der Waals surface area (Å²) in [5.74, 6) is 0.803. The minimum absolute atomic E-state index is 0.0879. The number of carbonyl (C=O) groups excluding carboxylic acids is 1. The topological polar surface area (TPSA) is 50.4 Å². The molecule has 2 rings (SSSR count). The van der Waals surface area contributed by atoms with Gasteiger partial charge in [-0.2, -0.15) is 0 Å². The van der Waals surface area contributed by atoms with Crippen molar-refractivity contribution in [1.29, 1.82) is 0 Å². The Hall–Kier alpha value is -2.49. The molecule has 110 valence electrons. The van der Waals surface area contributed by atoms with Crippen molar-refractivity contribution in [3.8, 4) is 5.75 Å². The monoisotopic (exact) mass is 284 g/mol. The van der Waals surface area contributed by atoms with Crippen LogP contribution in [0.3, 0.4) is 0 Å². The molecule has 4 nitrogen and oxygen atoms in total. The highest BCUT2D eigenvalue weighted by Crippen LogP contribution is 2.11.